The molecular weight excluding hydrogens is 222 g/mol. The quantitative estimate of drug-likeness (QED) is 0.642. The minimum Gasteiger partial charge on any atom is -0.503 e. The number of carbonyl (C=O) groups is 1. The SMILES string of the molecule is CCC(NCc1cc(=O)c(O)cn1C)C(N)=O. The Morgan fingerprint density at radius 1 is 1.65 bits per heavy atom. The maximum absolute atomic E-state index is 11.3. The molecule has 1 heterocycles. The monoisotopic (exact) mass is 239 g/mol. The van der Waals surface area contributed by atoms with E-state index < -0.39 is 17.4 Å². The molecule has 0 aliphatic rings. The Balaban J connectivity index is 2.79. The van der Waals surface area contributed by atoms with E-state index in [0.717, 1.165) is 0 Å². The number of aromatic hydroxyl groups is 1. The summed E-state index contributed by atoms with van der Waals surface area (Å²) in [6.45, 7) is 2.19. The summed E-state index contributed by atoms with van der Waals surface area (Å²) < 4.78 is 1.62. The number of nitrogens with zero attached hydrogens (tertiary/aromatic N) is 1. The third-order valence-corrected chi connectivity index (χ3v) is 2.60. The number of primary amides is 1. The van der Waals surface area contributed by atoms with Gasteiger partial charge in [-0.15, -0.1) is 0 Å². The van der Waals surface area contributed by atoms with Crippen LogP contribution in [0.5, 0.6) is 5.75 Å². The maximum Gasteiger partial charge on any atom is 0.234 e. The number of carbonyl (C=O) groups excluding carboxylic acids is 1. The van der Waals surface area contributed by atoms with Crippen molar-refractivity contribution in [1.82, 2.24) is 9.88 Å². The summed E-state index contributed by atoms with van der Waals surface area (Å²) >= 11 is 0. The van der Waals surface area contributed by atoms with Gasteiger partial charge in [-0.1, -0.05) is 6.92 Å². The van der Waals surface area contributed by atoms with Crippen LogP contribution in [0.15, 0.2) is 17.1 Å². The second-order valence-electron chi connectivity index (χ2n) is 3.87. The molecule has 0 bridgehead atoms. The number of hydrogen-bond donors (Lipinski definition) is 3. The van der Waals surface area contributed by atoms with Crippen LogP contribution in [0.25, 0.3) is 0 Å². The Kier molecular flexibility index (Phi) is 4.28. The summed E-state index contributed by atoms with van der Waals surface area (Å²) in [5, 5.41) is 12.2. The Morgan fingerprint density at radius 2 is 2.29 bits per heavy atom. The minimum atomic E-state index is -0.438. The molecule has 0 saturated carbocycles. The van der Waals surface area contributed by atoms with Crippen LogP contribution in [0.3, 0.4) is 0 Å². The summed E-state index contributed by atoms with van der Waals surface area (Å²) in [6, 6.07) is 0.912. The van der Waals surface area contributed by atoms with Crippen LogP contribution < -0.4 is 16.5 Å². The van der Waals surface area contributed by atoms with E-state index in [-0.39, 0.29) is 5.75 Å². The van der Waals surface area contributed by atoms with Gasteiger partial charge in [0.25, 0.3) is 0 Å². The second-order valence-corrected chi connectivity index (χ2v) is 3.87. The summed E-state index contributed by atoms with van der Waals surface area (Å²) in [5.41, 5.74) is 5.43. The van der Waals surface area contributed by atoms with Crippen molar-refractivity contribution in [3.63, 3.8) is 0 Å². The zero-order valence-corrected chi connectivity index (χ0v) is 9.93. The molecule has 0 saturated heterocycles. The first-order valence-corrected chi connectivity index (χ1v) is 5.37. The molecule has 0 fully saturated rings. The second kappa shape index (κ2) is 5.49. The number of amides is 1. The number of nitrogens with two attached hydrogens (primary N) is 1. The maximum atomic E-state index is 11.3. The van der Waals surface area contributed by atoms with Crippen LogP contribution in [-0.2, 0) is 18.4 Å². The van der Waals surface area contributed by atoms with Gasteiger partial charge in [-0.3, -0.25) is 9.59 Å². The number of nitrogens with one attached hydrogen (secondary N) is 1. The van der Waals surface area contributed by atoms with Crippen molar-refractivity contribution in [2.45, 2.75) is 25.9 Å². The number of aromatic nitrogens is 1. The fourth-order valence-electron chi connectivity index (χ4n) is 1.51. The first-order valence-electron chi connectivity index (χ1n) is 5.37. The largest absolute Gasteiger partial charge is 0.503 e. The summed E-state index contributed by atoms with van der Waals surface area (Å²) in [5.74, 6) is -0.713. The molecule has 0 aromatic carbocycles. The molecule has 6 heteroatoms. The molecule has 1 aromatic rings. The summed E-state index contributed by atoms with van der Waals surface area (Å²) in [4.78, 5) is 22.3. The number of aryl methyl sites for hydroxylation is 1. The van der Waals surface area contributed by atoms with Gasteiger partial charge >= 0.3 is 0 Å². The fraction of sp³-hybridized carbons (Fsp3) is 0.455. The average Bonchev–Trinajstić information content (AvgIpc) is 2.25. The smallest absolute Gasteiger partial charge is 0.234 e. The summed E-state index contributed by atoms with van der Waals surface area (Å²) in [7, 11) is 1.71. The van der Waals surface area contributed by atoms with Crippen LogP contribution in [0.2, 0.25) is 0 Å². The number of hydrogen-bond acceptors (Lipinski definition) is 4. The summed E-state index contributed by atoms with van der Waals surface area (Å²) in [6.07, 6.45) is 1.92. The molecule has 1 unspecified atom stereocenters. The van der Waals surface area contributed by atoms with Crippen molar-refractivity contribution in [1.29, 1.82) is 0 Å². The van der Waals surface area contributed by atoms with E-state index in [1.54, 1.807) is 11.6 Å². The average molecular weight is 239 g/mol. The van der Waals surface area contributed by atoms with Crippen LogP contribution in [0, 0.1) is 0 Å². The first kappa shape index (κ1) is 13.2. The molecule has 1 rings (SSSR count). The Hall–Kier alpha value is -1.82. The lowest BCUT2D eigenvalue weighted by Crippen LogP contribution is -2.40. The third-order valence-electron chi connectivity index (χ3n) is 2.60. The lowest BCUT2D eigenvalue weighted by atomic mass is 10.2. The van der Waals surface area contributed by atoms with E-state index in [1.807, 2.05) is 6.92 Å². The van der Waals surface area contributed by atoms with Gasteiger partial charge in [-0.25, -0.2) is 0 Å². The van der Waals surface area contributed by atoms with Crippen LogP contribution in [0.1, 0.15) is 19.0 Å². The predicted octanol–water partition coefficient (Wildman–Crippen LogP) is -0.556. The molecule has 4 N–H and O–H groups in total. The molecule has 1 atom stereocenters. The minimum absolute atomic E-state index is 0.293. The van der Waals surface area contributed by atoms with Crippen LogP contribution in [-0.4, -0.2) is 21.6 Å². The van der Waals surface area contributed by atoms with E-state index in [0.29, 0.717) is 18.7 Å². The van der Waals surface area contributed by atoms with Gasteiger partial charge in [-0.05, 0) is 6.42 Å². The van der Waals surface area contributed by atoms with Crippen molar-refractivity contribution in [3.8, 4) is 5.75 Å². The van der Waals surface area contributed by atoms with E-state index in [9.17, 15) is 14.7 Å². The normalized spacial score (nSPS) is 12.4. The highest BCUT2D eigenvalue weighted by atomic mass is 16.3. The third kappa shape index (κ3) is 3.32. The highest BCUT2D eigenvalue weighted by molar-refractivity contribution is 5.79. The van der Waals surface area contributed by atoms with Crippen LogP contribution >= 0.6 is 0 Å². The van der Waals surface area contributed by atoms with E-state index in [2.05, 4.69) is 5.32 Å². The molecule has 0 aliphatic carbocycles. The van der Waals surface area contributed by atoms with E-state index in [1.165, 1.54) is 12.3 Å². The molecular formula is C11H17N3O3. The van der Waals surface area contributed by atoms with Gasteiger partial charge in [0.05, 0.1) is 6.04 Å². The molecule has 0 aliphatic heterocycles. The van der Waals surface area contributed by atoms with E-state index >= 15 is 0 Å². The van der Waals surface area contributed by atoms with Crippen molar-refractivity contribution in [2.24, 2.45) is 12.8 Å². The highest BCUT2D eigenvalue weighted by Gasteiger charge is 2.12. The van der Waals surface area contributed by atoms with Gasteiger partial charge in [0.2, 0.25) is 11.3 Å². The highest BCUT2D eigenvalue weighted by Crippen LogP contribution is 2.03. The van der Waals surface area contributed by atoms with Crippen molar-refractivity contribution in [2.75, 3.05) is 0 Å². The number of pyridine rings is 1. The molecule has 0 spiro atoms. The van der Waals surface area contributed by atoms with Gasteiger partial charge < -0.3 is 20.7 Å². The molecule has 94 valence electrons. The predicted molar refractivity (Wildman–Crippen MR) is 63.5 cm³/mol. The van der Waals surface area contributed by atoms with Crippen LogP contribution in [0.4, 0.5) is 0 Å². The van der Waals surface area contributed by atoms with Crippen molar-refractivity contribution >= 4 is 5.91 Å². The molecule has 0 radical (unpaired) electrons. The Morgan fingerprint density at radius 3 is 2.82 bits per heavy atom. The fourth-order valence-corrected chi connectivity index (χ4v) is 1.51. The van der Waals surface area contributed by atoms with Gasteiger partial charge in [-0.2, -0.15) is 0 Å². The standard InChI is InChI=1S/C11H17N3O3/c1-3-8(11(12)17)13-5-7-4-9(15)10(16)6-14(7)2/h4,6,8,13,16H,3,5H2,1-2H3,(H2,12,17). The topological polar surface area (TPSA) is 97.3 Å². The Labute approximate surface area is 99.1 Å². The molecule has 1 aromatic heterocycles. The van der Waals surface area contributed by atoms with Crippen molar-refractivity contribution in [3.05, 3.63) is 28.2 Å². The lowest BCUT2D eigenvalue weighted by Gasteiger charge is -2.15. The van der Waals surface area contributed by atoms with Gasteiger partial charge in [0.1, 0.15) is 0 Å². The zero-order chi connectivity index (χ0) is 13.0. The Bertz CT molecular complexity index is 468. The van der Waals surface area contributed by atoms with Crippen molar-refractivity contribution < 1.29 is 9.90 Å². The lowest BCUT2D eigenvalue weighted by molar-refractivity contribution is -0.120. The molecule has 6 nitrogen and oxygen atoms in total. The van der Waals surface area contributed by atoms with Gasteiger partial charge in [0.15, 0.2) is 5.75 Å². The molecule has 1 amide bonds. The number of rotatable bonds is 5. The van der Waals surface area contributed by atoms with E-state index in [4.69, 9.17) is 5.73 Å². The first-order chi connectivity index (χ1) is 7.95. The molecule has 17 heavy (non-hydrogen) atoms. The zero-order valence-electron chi connectivity index (χ0n) is 9.93. The van der Waals surface area contributed by atoms with Gasteiger partial charge in [0, 0.05) is 31.5 Å².